The molecular weight excluding hydrogens is 432 g/mol. The molecule has 0 radical (unpaired) electrons. The second-order valence-electron chi connectivity index (χ2n) is 8.46. The Morgan fingerprint density at radius 1 is 0.971 bits per heavy atom. The van der Waals surface area contributed by atoms with Gasteiger partial charge in [-0.3, -0.25) is 9.59 Å². The van der Waals surface area contributed by atoms with Crippen molar-refractivity contribution in [3.05, 3.63) is 77.1 Å². The Morgan fingerprint density at radius 3 is 2.26 bits per heavy atom. The third kappa shape index (κ3) is 5.70. The lowest BCUT2D eigenvalue weighted by Gasteiger charge is -2.21. The number of aromatic nitrogens is 2. The first-order chi connectivity index (χ1) is 16.2. The maximum Gasteiger partial charge on any atom is 0.329 e. The number of carbonyl (C=O) groups is 3. The summed E-state index contributed by atoms with van der Waals surface area (Å²) >= 11 is 0. The second kappa shape index (κ2) is 10.8. The molecule has 0 fully saturated rings. The zero-order valence-corrected chi connectivity index (χ0v) is 20.1. The van der Waals surface area contributed by atoms with E-state index in [4.69, 9.17) is 4.74 Å². The molecule has 0 bridgehead atoms. The SMILES string of the molecule is Cc1ccccc1C(=O)N[C@H](C(=O)OCC(=O)Nc1c(C)nn(-c2ccccc2)c1C)C(C)C. The van der Waals surface area contributed by atoms with Crippen molar-refractivity contribution in [1.82, 2.24) is 15.1 Å². The van der Waals surface area contributed by atoms with Crippen molar-refractivity contribution in [2.24, 2.45) is 5.92 Å². The minimum Gasteiger partial charge on any atom is -0.454 e. The zero-order chi connectivity index (χ0) is 24.8. The normalized spacial score (nSPS) is 11.7. The second-order valence-corrected chi connectivity index (χ2v) is 8.46. The fraction of sp³-hybridized carbons (Fsp3) is 0.308. The molecule has 3 rings (SSSR count). The highest BCUT2D eigenvalue weighted by Crippen LogP contribution is 2.22. The molecule has 0 aliphatic rings. The van der Waals surface area contributed by atoms with Gasteiger partial charge in [0.15, 0.2) is 6.61 Å². The minimum absolute atomic E-state index is 0.225. The first-order valence-corrected chi connectivity index (χ1v) is 11.1. The molecule has 0 unspecified atom stereocenters. The molecule has 178 valence electrons. The first kappa shape index (κ1) is 24.7. The van der Waals surface area contributed by atoms with Gasteiger partial charge in [-0.25, -0.2) is 9.48 Å². The number of hydrogen-bond donors (Lipinski definition) is 2. The lowest BCUT2D eigenvalue weighted by Crippen LogP contribution is -2.46. The number of rotatable bonds is 8. The Balaban J connectivity index is 1.62. The van der Waals surface area contributed by atoms with E-state index in [0.29, 0.717) is 16.9 Å². The number of amides is 2. The summed E-state index contributed by atoms with van der Waals surface area (Å²) in [6.45, 7) is 8.60. The zero-order valence-electron chi connectivity index (χ0n) is 20.1. The smallest absolute Gasteiger partial charge is 0.329 e. The summed E-state index contributed by atoms with van der Waals surface area (Å²) in [7, 11) is 0. The Kier molecular flexibility index (Phi) is 7.83. The van der Waals surface area contributed by atoms with Crippen molar-refractivity contribution in [2.45, 2.75) is 40.7 Å². The molecular formula is C26H30N4O4. The summed E-state index contributed by atoms with van der Waals surface area (Å²) in [6, 6.07) is 15.8. The van der Waals surface area contributed by atoms with E-state index in [0.717, 1.165) is 16.9 Å². The quantitative estimate of drug-likeness (QED) is 0.497. The van der Waals surface area contributed by atoms with E-state index < -0.39 is 24.5 Å². The van der Waals surface area contributed by atoms with Gasteiger partial charge in [0.2, 0.25) is 0 Å². The summed E-state index contributed by atoms with van der Waals surface area (Å²) < 4.78 is 6.99. The van der Waals surface area contributed by atoms with Crippen molar-refractivity contribution in [2.75, 3.05) is 11.9 Å². The third-order valence-corrected chi connectivity index (χ3v) is 5.50. The number of anilines is 1. The molecule has 0 aliphatic heterocycles. The fourth-order valence-electron chi connectivity index (χ4n) is 3.59. The topological polar surface area (TPSA) is 102 Å². The number of carbonyl (C=O) groups excluding carboxylic acids is 3. The molecule has 2 amide bonds. The largest absolute Gasteiger partial charge is 0.454 e. The van der Waals surface area contributed by atoms with E-state index in [1.165, 1.54) is 0 Å². The molecule has 0 aliphatic carbocycles. The molecule has 34 heavy (non-hydrogen) atoms. The number of esters is 1. The molecule has 2 N–H and O–H groups in total. The molecule has 1 aromatic heterocycles. The van der Waals surface area contributed by atoms with Crippen molar-refractivity contribution in [3.63, 3.8) is 0 Å². The highest BCUT2D eigenvalue weighted by atomic mass is 16.5. The van der Waals surface area contributed by atoms with Crippen molar-refractivity contribution >= 4 is 23.5 Å². The van der Waals surface area contributed by atoms with E-state index in [-0.39, 0.29) is 11.8 Å². The van der Waals surface area contributed by atoms with Crippen LogP contribution in [0, 0.1) is 26.7 Å². The van der Waals surface area contributed by atoms with Crippen molar-refractivity contribution in [3.8, 4) is 5.69 Å². The standard InChI is InChI=1S/C26H30N4O4/c1-16(2)23(28-25(32)21-14-10-9-11-17(21)3)26(33)34-15-22(31)27-24-18(4)29-30(19(24)5)20-12-7-6-8-13-20/h6-14,16,23H,15H2,1-5H3,(H,27,31)(H,28,32)/t23-/m0/s1. The maximum absolute atomic E-state index is 12.7. The van der Waals surface area contributed by atoms with Gasteiger partial charge in [0.05, 0.1) is 22.8 Å². The molecule has 8 heteroatoms. The van der Waals surface area contributed by atoms with Gasteiger partial charge >= 0.3 is 5.97 Å². The number of ether oxygens (including phenoxy) is 1. The average molecular weight is 463 g/mol. The van der Waals surface area contributed by atoms with E-state index >= 15 is 0 Å². The van der Waals surface area contributed by atoms with Gasteiger partial charge in [-0.15, -0.1) is 0 Å². The lowest BCUT2D eigenvalue weighted by molar-refractivity contribution is -0.150. The predicted molar refractivity (Wildman–Crippen MR) is 130 cm³/mol. The van der Waals surface area contributed by atoms with Crippen LogP contribution in [0.1, 0.15) is 41.2 Å². The Morgan fingerprint density at radius 2 is 1.62 bits per heavy atom. The monoisotopic (exact) mass is 462 g/mol. The van der Waals surface area contributed by atoms with Gasteiger partial charge in [0.25, 0.3) is 11.8 Å². The van der Waals surface area contributed by atoms with Crippen molar-refractivity contribution < 1.29 is 19.1 Å². The Bertz CT molecular complexity index is 1180. The summed E-state index contributed by atoms with van der Waals surface area (Å²) in [5.41, 5.74) is 4.13. The van der Waals surface area contributed by atoms with Crippen LogP contribution in [0.15, 0.2) is 54.6 Å². The summed E-state index contributed by atoms with van der Waals surface area (Å²) in [6.07, 6.45) is 0. The third-order valence-electron chi connectivity index (χ3n) is 5.50. The number of para-hydroxylation sites is 1. The van der Waals surface area contributed by atoms with Crippen LogP contribution < -0.4 is 10.6 Å². The molecule has 1 heterocycles. The maximum atomic E-state index is 12.7. The minimum atomic E-state index is -0.885. The van der Waals surface area contributed by atoms with Gasteiger partial charge in [0.1, 0.15) is 6.04 Å². The highest BCUT2D eigenvalue weighted by Gasteiger charge is 2.27. The number of aryl methyl sites for hydroxylation is 2. The van der Waals surface area contributed by atoms with Gasteiger partial charge in [-0.1, -0.05) is 50.2 Å². The number of hydrogen-bond acceptors (Lipinski definition) is 5. The van der Waals surface area contributed by atoms with Gasteiger partial charge in [-0.05, 0) is 50.5 Å². The molecule has 0 spiro atoms. The van der Waals surface area contributed by atoms with Gasteiger partial charge in [0, 0.05) is 5.56 Å². The molecule has 0 saturated carbocycles. The van der Waals surface area contributed by atoms with Crippen LogP contribution in [0.2, 0.25) is 0 Å². The first-order valence-electron chi connectivity index (χ1n) is 11.1. The number of benzene rings is 2. The molecule has 1 atom stereocenters. The predicted octanol–water partition coefficient (Wildman–Crippen LogP) is 3.73. The van der Waals surface area contributed by atoms with Crippen LogP contribution in [0.5, 0.6) is 0 Å². The highest BCUT2D eigenvalue weighted by molar-refractivity contribution is 5.98. The van der Waals surface area contributed by atoms with Crippen LogP contribution in [-0.2, 0) is 14.3 Å². The molecule has 3 aromatic rings. The van der Waals surface area contributed by atoms with Crippen LogP contribution in [0.25, 0.3) is 5.69 Å². The molecule has 0 saturated heterocycles. The lowest BCUT2D eigenvalue weighted by atomic mass is 10.0. The van der Waals surface area contributed by atoms with Gasteiger partial charge < -0.3 is 15.4 Å². The van der Waals surface area contributed by atoms with Gasteiger partial charge in [-0.2, -0.15) is 5.10 Å². The average Bonchev–Trinajstić information content (AvgIpc) is 3.09. The fourth-order valence-corrected chi connectivity index (χ4v) is 3.59. The Hall–Kier alpha value is -3.94. The summed E-state index contributed by atoms with van der Waals surface area (Å²) in [4.78, 5) is 37.9. The van der Waals surface area contributed by atoms with E-state index in [1.807, 2.05) is 56.3 Å². The van der Waals surface area contributed by atoms with Crippen LogP contribution in [0.3, 0.4) is 0 Å². The van der Waals surface area contributed by atoms with E-state index in [2.05, 4.69) is 15.7 Å². The van der Waals surface area contributed by atoms with E-state index in [1.54, 1.807) is 37.6 Å². The van der Waals surface area contributed by atoms with Crippen LogP contribution in [-0.4, -0.2) is 40.2 Å². The van der Waals surface area contributed by atoms with Crippen molar-refractivity contribution in [1.29, 1.82) is 0 Å². The molecule has 8 nitrogen and oxygen atoms in total. The number of nitrogens with one attached hydrogen (secondary N) is 2. The summed E-state index contributed by atoms with van der Waals surface area (Å²) in [5.74, 6) is -1.74. The van der Waals surface area contributed by atoms with Crippen LogP contribution in [0.4, 0.5) is 5.69 Å². The molecule has 2 aromatic carbocycles. The Labute approximate surface area is 199 Å². The van der Waals surface area contributed by atoms with E-state index in [9.17, 15) is 14.4 Å². The summed E-state index contributed by atoms with van der Waals surface area (Å²) in [5, 5.41) is 10.0. The van der Waals surface area contributed by atoms with Crippen LogP contribution >= 0.6 is 0 Å². The number of nitrogens with zero attached hydrogens (tertiary/aromatic N) is 2.